The number of fused-ring (bicyclic) bond motifs is 1. The molecule has 4 heterocycles. The molecule has 1 atom stereocenters. The quantitative estimate of drug-likeness (QED) is 0.662. The van der Waals surface area contributed by atoms with Crippen molar-refractivity contribution < 1.29 is 9.90 Å². The fourth-order valence-electron chi connectivity index (χ4n) is 3.58. The van der Waals surface area contributed by atoms with Crippen LogP contribution in [0.4, 0.5) is 5.82 Å². The summed E-state index contributed by atoms with van der Waals surface area (Å²) in [7, 11) is 0. The van der Waals surface area contributed by atoms with Gasteiger partial charge in [0.1, 0.15) is 22.0 Å². The van der Waals surface area contributed by atoms with Crippen LogP contribution in [0.1, 0.15) is 49.7 Å². The number of hydrogen-bond acceptors (Lipinski definition) is 7. The van der Waals surface area contributed by atoms with Crippen LogP contribution in [0.15, 0.2) is 28.5 Å². The van der Waals surface area contributed by atoms with E-state index < -0.39 is 12.0 Å². The summed E-state index contributed by atoms with van der Waals surface area (Å²) in [6.45, 7) is 7.29. The van der Waals surface area contributed by atoms with Gasteiger partial charge in [0.25, 0.3) is 5.56 Å². The highest BCUT2D eigenvalue weighted by Gasteiger charge is 2.27. The highest BCUT2D eigenvalue weighted by molar-refractivity contribution is 7.13. The predicted molar refractivity (Wildman–Crippen MR) is 117 cm³/mol. The number of nitrogens with two attached hydrogens (primary N) is 1. The summed E-state index contributed by atoms with van der Waals surface area (Å²) in [5.41, 5.74) is 6.92. The van der Waals surface area contributed by atoms with E-state index in [1.807, 2.05) is 10.3 Å². The Morgan fingerprint density at radius 1 is 1.33 bits per heavy atom. The second kappa shape index (κ2) is 7.48. The van der Waals surface area contributed by atoms with Gasteiger partial charge in [-0.3, -0.25) is 14.0 Å². The Morgan fingerprint density at radius 2 is 2.10 bits per heavy atom. The largest absolute Gasteiger partial charge is 0.391 e. The highest BCUT2D eigenvalue weighted by atomic mass is 32.1. The number of aromatic nitrogens is 3. The van der Waals surface area contributed by atoms with E-state index in [1.165, 1.54) is 34.1 Å². The molecule has 158 valence electrons. The van der Waals surface area contributed by atoms with E-state index in [9.17, 15) is 14.7 Å². The first-order chi connectivity index (χ1) is 14.1. The van der Waals surface area contributed by atoms with Gasteiger partial charge in [-0.05, 0) is 25.0 Å². The van der Waals surface area contributed by atoms with Crippen LogP contribution in [0.3, 0.4) is 0 Å². The molecule has 8 nitrogen and oxygen atoms in total. The number of carbonyl (C=O) groups is 1. The Kier molecular flexibility index (Phi) is 5.11. The molecule has 30 heavy (non-hydrogen) atoms. The van der Waals surface area contributed by atoms with Crippen molar-refractivity contribution in [2.75, 3.05) is 18.0 Å². The molecule has 0 spiro atoms. The molecule has 9 heteroatoms. The summed E-state index contributed by atoms with van der Waals surface area (Å²) < 4.78 is 1.41. The maximum atomic E-state index is 13.5. The summed E-state index contributed by atoms with van der Waals surface area (Å²) in [5.74, 6) is -0.101. The zero-order valence-corrected chi connectivity index (χ0v) is 18.1. The van der Waals surface area contributed by atoms with Crippen LogP contribution in [-0.4, -0.2) is 44.6 Å². The van der Waals surface area contributed by atoms with Gasteiger partial charge in [0.05, 0.1) is 11.8 Å². The Hall–Kier alpha value is -2.78. The van der Waals surface area contributed by atoms with Crippen LogP contribution in [-0.2, 0) is 5.41 Å². The molecule has 0 radical (unpaired) electrons. The van der Waals surface area contributed by atoms with E-state index >= 15 is 0 Å². The average molecular weight is 428 g/mol. The first kappa shape index (κ1) is 20.5. The number of hydrogen-bond donors (Lipinski definition) is 2. The summed E-state index contributed by atoms with van der Waals surface area (Å²) >= 11 is 1.41. The third-order valence-corrected chi connectivity index (χ3v) is 6.14. The minimum atomic E-state index is -0.583. The number of carbonyl (C=O) groups excluding carboxylic acids is 1. The van der Waals surface area contributed by atoms with Crippen molar-refractivity contribution in [1.82, 2.24) is 14.4 Å². The summed E-state index contributed by atoms with van der Waals surface area (Å²) in [6, 6.07) is 3.02. The average Bonchev–Trinajstić information content (AvgIpc) is 3.17. The third kappa shape index (κ3) is 3.70. The molecule has 0 saturated carbocycles. The summed E-state index contributed by atoms with van der Waals surface area (Å²) in [6.07, 6.45) is 2.55. The number of aliphatic hydroxyl groups is 1. The minimum Gasteiger partial charge on any atom is -0.391 e. The van der Waals surface area contributed by atoms with Gasteiger partial charge in [-0.15, -0.1) is 11.3 Å². The molecule has 1 aliphatic rings. The fourth-order valence-corrected chi connectivity index (χ4v) is 4.65. The molecule has 0 aliphatic carbocycles. The SMILES string of the molecule is CC(C)(C)c1csc(-c2c(N3CCC[C@@H](O)C3)nc3cc(C(N)=O)ccn3c2=O)n1. The maximum absolute atomic E-state index is 13.5. The Labute approximate surface area is 178 Å². The fraction of sp³-hybridized carbons (Fsp3) is 0.429. The number of thiazole rings is 1. The van der Waals surface area contributed by atoms with E-state index in [1.54, 1.807) is 0 Å². The van der Waals surface area contributed by atoms with Gasteiger partial charge in [0, 0.05) is 35.6 Å². The molecule has 4 rings (SSSR count). The van der Waals surface area contributed by atoms with Gasteiger partial charge < -0.3 is 15.7 Å². The van der Waals surface area contributed by atoms with Crippen LogP contribution in [0.25, 0.3) is 16.2 Å². The van der Waals surface area contributed by atoms with E-state index in [0.717, 1.165) is 18.5 Å². The van der Waals surface area contributed by atoms with Crippen LogP contribution in [0.5, 0.6) is 0 Å². The number of nitrogens with zero attached hydrogens (tertiary/aromatic N) is 4. The number of anilines is 1. The molecule has 1 fully saturated rings. The topological polar surface area (TPSA) is 114 Å². The second-order valence-corrected chi connectivity index (χ2v) is 9.51. The number of primary amides is 1. The molecule has 0 aromatic carbocycles. The van der Waals surface area contributed by atoms with Gasteiger partial charge in [0.15, 0.2) is 0 Å². The third-order valence-electron chi connectivity index (χ3n) is 5.28. The highest BCUT2D eigenvalue weighted by Crippen LogP contribution is 2.33. The Balaban J connectivity index is 1.96. The predicted octanol–water partition coefficient (Wildman–Crippen LogP) is 2.18. The van der Waals surface area contributed by atoms with E-state index in [2.05, 4.69) is 20.8 Å². The molecule has 1 aliphatic heterocycles. The van der Waals surface area contributed by atoms with Crippen LogP contribution >= 0.6 is 11.3 Å². The zero-order chi connectivity index (χ0) is 21.6. The molecule has 3 aromatic heterocycles. The molecular weight excluding hydrogens is 402 g/mol. The van der Waals surface area contributed by atoms with Gasteiger partial charge in [0.2, 0.25) is 5.91 Å². The van der Waals surface area contributed by atoms with E-state index in [-0.39, 0.29) is 16.5 Å². The first-order valence-corrected chi connectivity index (χ1v) is 10.8. The number of amides is 1. The number of piperidine rings is 1. The minimum absolute atomic E-state index is 0.146. The molecular formula is C21H25N5O3S. The van der Waals surface area contributed by atoms with Crippen molar-refractivity contribution in [2.24, 2.45) is 5.73 Å². The van der Waals surface area contributed by atoms with Crippen molar-refractivity contribution in [2.45, 2.75) is 45.1 Å². The lowest BCUT2D eigenvalue weighted by Crippen LogP contribution is -2.40. The van der Waals surface area contributed by atoms with E-state index in [0.29, 0.717) is 35.1 Å². The van der Waals surface area contributed by atoms with Crippen molar-refractivity contribution in [3.8, 4) is 10.6 Å². The number of aliphatic hydroxyl groups excluding tert-OH is 1. The number of pyridine rings is 1. The molecule has 0 unspecified atom stereocenters. The number of β-amino-alcohol motifs (C(OH)–C–C–N with tert-alkyl or cyclic N) is 1. The lowest BCUT2D eigenvalue weighted by molar-refractivity contribution is 0.1000. The van der Waals surface area contributed by atoms with Crippen LogP contribution in [0.2, 0.25) is 0 Å². The smallest absolute Gasteiger partial charge is 0.270 e. The summed E-state index contributed by atoms with van der Waals surface area (Å²) in [4.78, 5) is 36.5. The van der Waals surface area contributed by atoms with Crippen molar-refractivity contribution >= 4 is 28.7 Å². The molecule has 3 N–H and O–H groups in total. The Bertz CT molecular complexity index is 1180. The lowest BCUT2D eigenvalue weighted by Gasteiger charge is -2.32. The van der Waals surface area contributed by atoms with Crippen LogP contribution in [0, 0.1) is 0 Å². The monoisotopic (exact) mass is 427 g/mol. The zero-order valence-electron chi connectivity index (χ0n) is 17.3. The van der Waals surface area contributed by atoms with Gasteiger partial charge in [-0.2, -0.15) is 0 Å². The standard InChI is InChI=1S/C21H25N5O3S/c1-21(2,3)14-11-30-19(23-14)16-18(25-7-4-5-13(27)10-25)24-15-9-12(17(22)28)6-8-26(15)20(16)29/h6,8-9,11,13,27H,4-5,7,10H2,1-3H3,(H2,22,28)/t13-/m1/s1. The van der Waals surface area contributed by atoms with Gasteiger partial charge in [-0.25, -0.2) is 9.97 Å². The normalized spacial score (nSPS) is 17.5. The second-order valence-electron chi connectivity index (χ2n) is 8.65. The van der Waals surface area contributed by atoms with Crippen LogP contribution < -0.4 is 16.2 Å². The molecule has 1 saturated heterocycles. The lowest BCUT2D eigenvalue weighted by atomic mass is 9.93. The van der Waals surface area contributed by atoms with Crippen molar-refractivity contribution in [3.63, 3.8) is 0 Å². The van der Waals surface area contributed by atoms with E-state index in [4.69, 9.17) is 15.7 Å². The first-order valence-electron chi connectivity index (χ1n) is 9.91. The molecule has 3 aromatic rings. The van der Waals surface area contributed by atoms with Crippen molar-refractivity contribution in [3.05, 3.63) is 45.3 Å². The van der Waals surface area contributed by atoms with Gasteiger partial charge >= 0.3 is 0 Å². The summed E-state index contributed by atoms with van der Waals surface area (Å²) in [5, 5.41) is 12.8. The molecule has 0 bridgehead atoms. The number of rotatable bonds is 3. The Morgan fingerprint density at radius 3 is 2.73 bits per heavy atom. The van der Waals surface area contributed by atoms with Crippen molar-refractivity contribution in [1.29, 1.82) is 0 Å². The maximum Gasteiger partial charge on any atom is 0.270 e. The van der Waals surface area contributed by atoms with Gasteiger partial charge in [-0.1, -0.05) is 20.8 Å². The molecule has 1 amide bonds.